The minimum absolute atomic E-state index is 0.160. The first-order valence-electron chi connectivity index (χ1n) is 4.50. The Bertz CT molecular complexity index is 571. The molecular weight excluding hydrogens is 286 g/mol. The van der Waals surface area contributed by atoms with Gasteiger partial charge in [0.1, 0.15) is 0 Å². The van der Waals surface area contributed by atoms with E-state index in [9.17, 15) is 13.2 Å². The number of hydrogen-bond donors (Lipinski definition) is 2. The Balaban J connectivity index is 3.42. The molecule has 2 N–H and O–H groups in total. The van der Waals surface area contributed by atoms with Gasteiger partial charge in [-0.2, -0.15) is 8.42 Å². The summed E-state index contributed by atoms with van der Waals surface area (Å²) in [6.45, 7) is 0. The minimum Gasteiger partial charge on any atom is -0.493 e. The number of anilines is 1. The van der Waals surface area contributed by atoms with Crippen molar-refractivity contribution in [1.82, 2.24) is 0 Å². The number of aromatic carboxylic acids is 1. The Morgan fingerprint density at radius 1 is 1.28 bits per heavy atom. The molecule has 0 saturated carbocycles. The van der Waals surface area contributed by atoms with Crippen molar-refractivity contribution in [2.45, 2.75) is 0 Å². The fourth-order valence-corrected chi connectivity index (χ4v) is 1.95. The van der Waals surface area contributed by atoms with Crippen molar-refractivity contribution in [3.63, 3.8) is 0 Å². The molecule has 1 aromatic rings. The van der Waals surface area contributed by atoms with E-state index in [2.05, 4.69) is 0 Å². The van der Waals surface area contributed by atoms with Crippen LogP contribution in [0.5, 0.6) is 11.5 Å². The van der Waals surface area contributed by atoms with Crippen LogP contribution in [-0.4, -0.2) is 33.7 Å². The Morgan fingerprint density at radius 2 is 1.78 bits per heavy atom. The average Bonchev–Trinajstić information content (AvgIpc) is 2.25. The molecule has 0 atom stereocenters. The lowest BCUT2D eigenvalue weighted by molar-refractivity contribution is 0.0697. The molecule has 0 aliphatic heterocycles. The minimum atomic E-state index is -4.12. The fourth-order valence-electron chi connectivity index (χ4n) is 1.27. The third-order valence-electron chi connectivity index (χ3n) is 1.99. The predicted molar refractivity (Wildman–Crippen MR) is 64.9 cm³/mol. The summed E-state index contributed by atoms with van der Waals surface area (Å²) in [7, 11) is 3.55. The molecule has 0 unspecified atom stereocenters. The van der Waals surface area contributed by atoms with Crippen molar-refractivity contribution in [3.8, 4) is 11.5 Å². The number of methoxy groups -OCH3 is 2. The number of hydrogen-bond acceptors (Lipinski definition) is 5. The first-order valence-corrected chi connectivity index (χ1v) is 6.81. The molecule has 0 heterocycles. The van der Waals surface area contributed by atoms with Crippen LogP contribution >= 0.6 is 10.7 Å². The standard InChI is InChI=1S/C9H10ClNO6S/c1-16-7-3-5(9(12)13)6(4-8(7)17-2)11-18(10,14)15/h3-4,11H,1-2H3,(H,12,13). The summed E-state index contributed by atoms with van der Waals surface area (Å²) in [5, 5.41) is 8.97. The molecule has 0 saturated heterocycles. The highest BCUT2D eigenvalue weighted by molar-refractivity contribution is 8.14. The van der Waals surface area contributed by atoms with E-state index in [4.69, 9.17) is 25.3 Å². The van der Waals surface area contributed by atoms with Gasteiger partial charge in [0.15, 0.2) is 11.5 Å². The van der Waals surface area contributed by atoms with Gasteiger partial charge in [0, 0.05) is 22.8 Å². The number of benzene rings is 1. The van der Waals surface area contributed by atoms with Crippen molar-refractivity contribution in [2.24, 2.45) is 0 Å². The first-order chi connectivity index (χ1) is 8.28. The summed E-state index contributed by atoms with van der Waals surface area (Å²) in [4.78, 5) is 11.0. The van der Waals surface area contributed by atoms with E-state index in [1.54, 1.807) is 0 Å². The number of nitrogens with one attached hydrogen (secondary N) is 1. The lowest BCUT2D eigenvalue weighted by Gasteiger charge is -2.12. The average molecular weight is 296 g/mol. The van der Waals surface area contributed by atoms with Crippen LogP contribution in [0.1, 0.15) is 10.4 Å². The van der Waals surface area contributed by atoms with E-state index in [1.807, 2.05) is 4.72 Å². The lowest BCUT2D eigenvalue weighted by Crippen LogP contribution is -2.10. The maximum absolute atomic E-state index is 11.0. The van der Waals surface area contributed by atoms with Crippen LogP contribution in [-0.2, 0) is 9.24 Å². The van der Waals surface area contributed by atoms with Crippen LogP contribution in [0, 0.1) is 0 Å². The van der Waals surface area contributed by atoms with Crippen molar-refractivity contribution < 1.29 is 27.8 Å². The summed E-state index contributed by atoms with van der Waals surface area (Å²) in [5.74, 6) is -1.00. The molecule has 7 nitrogen and oxygen atoms in total. The van der Waals surface area contributed by atoms with Crippen LogP contribution in [0.25, 0.3) is 0 Å². The van der Waals surface area contributed by atoms with Crippen molar-refractivity contribution in [3.05, 3.63) is 17.7 Å². The summed E-state index contributed by atoms with van der Waals surface area (Å²) >= 11 is 0. The number of carboxylic acids is 1. The number of rotatable bonds is 5. The zero-order valence-corrected chi connectivity index (χ0v) is 11.0. The second-order valence-corrected chi connectivity index (χ2v) is 5.40. The van der Waals surface area contributed by atoms with Crippen LogP contribution in [0.4, 0.5) is 5.69 Å². The molecule has 0 fully saturated rings. The van der Waals surface area contributed by atoms with Crippen molar-refractivity contribution in [1.29, 1.82) is 0 Å². The van der Waals surface area contributed by atoms with E-state index in [-0.39, 0.29) is 22.7 Å². The fraction of sp³-hybridized carbons (Fsp3) is 0.222. The van der Waals surface area contributed by atoms with Crippen LogP contribution in [0.3, 0.4) is 0 Å². The molecule has 9 heteroatoms. The zero-order chi connectivity index (χ0) is 13.9. The summed E-state index contributed by atoms with van der Waals surface area (Å²) in [6.07, 6.45) is 0. The van der Waals surface area contributed by atoms with Gasteiger partial charge in [0.05, 0.1) is 25.5 Å². The Hall–Kier alpha value is -1.67. The third-order valence-corrected chi connectivity index (χ3v) is 2.68. The molecule has 100 valence electrons. The van der Waals surface area contributed by atoms with E-state index in [0.29, 0.717) is 0 Å². The smallest absolute Gasteiger partial charge is 0.337 e. The molecule has 0 aromatic heterocycles. The SMILES string of the molecule is COc1cc(NS(=O)(=O)Cl)c(C(=O)O)cc1OC. The van der Waals surface area contributed by atoms with Gasteiger partial charge in [-0.05, 0) is 0 Å². The molecule has 0 spiro atoms. The molecule has 0 bridgehead atoms. The molecular formula is C9H10ClNO6S. The Labute approximate surface area is 108 Å². The number of carbonyl (C=O) groups is 1. The Morgan fingerprint density at radius 3 is 2.17 bits per heavy atom. The zero-order valence-electron chi connectivity index (χ0n) is 9.43. The van der Waals surface area contributed by atoms with Gasteiger partial charge in [0.25, 0.3) is 0 Å². The highest BCUT2D eigenvalue weighted by Crippen LogP contribution is 2.34. The van der Waals surface area contributed by atoms with E-state index < -0.39 is 15.2 Å². The molecule has 1 aromatic carbocycles. The highest BCUT2D eigenvalue weighted by Gasteiger charge is 2.19. The number of halogens is 1. The van der Waals surface area contributed by atoms with Crippen molar-refractivity contribution in [2.75, 3.05) is 18.9 Å². The van der Waals surface area contributed by atoms with Crippen LogP contribution in [0.2, 0.25) is 0 Å². The quantitative estimate of drug-likeness (QED) is 0.794. The van der Waals surface area contributed by atoms with Crippen LogP contribution < -0.4 is 14.2 Å². The van der Waals surface area contributed by atoms with Gasteiger partial charge in [-0.3, -0.25) is 4.72 Å². The number of ether oxygens (including phenoxy) is 2. The lowest BCUT2D eigenvalue weighted by atomic mass is 10.1. The van der Waals surface area contributed by atoms with E-state index in [0.717, 1.165) is 6.07 Å². The van der Waals surface area contributed by atoms with Gasteiger partial charge < -0.3 is 14.6 Å². The van der Waals surface area contributed by atoms with Crippen LogP contribution in [0.15, 0.2) is 12.1 Å². The first kappa shape index (κ1) is 14.4. The van der Waals surface area contributed by atoms with Gasteiger partial charge in [0.2, 0.25) is 0 Å². The second-order valence-electron chi connectivity index (χ2n) is 3.10. The van der Waals surface area contributed by atoms with Gasteiger partial charge in [-0.25, -0.2) is 4.79 Å². The molecule has 0 aliphatic rings. The maximum Gasteiger partial charge on any atom is 0.337 e. The molecule has 0 amide bonds. The summed E-state index contributed by atoms with van der Waals surface area (Å²) in [5.41, 5.74) is -0.521. The predicted octanol–water partition coefficient (Wildman–Crippen LogP) is 1.30. The Kier molecular flexibility index (Phi) is 4.25. The monoisotopic (exact) mass is 295 g/mol. The van der Waals surface area contributed by atoms with Gasteiger partial charge >= 0.3 is 15.2 Å². The third kappa shape index (κ3) is 3.41. The summed E-state index contributed by atoms with van der Waals surface area (Å²) < 4.78 is 33.6. The topological polar surface area (TPSA) is 102 Å². The molecule has 1 rings (SSSR count). The second kappa shape index (κ2) is 5.32. The molecule has 0 aliphatic carbocycles. The maximum atomic E-state index is 11.0. The normalized spacial score (nSPS) is 10.8. The van der Waals surface area contributed by atoms with Crippen molar-refractivity contribution >= 4 is 31.6 Å². The largest absolute Gasteiger partial charge is 0.493 e. The molecule has 0 radical (unpaired) electrons. The van der Waals surface area contributed by atoms with E-state index in [1.165, 1.54) is 20.3 Å². The van der Waals surface area contributed by atoms with Gasteiger partial charge in [-0.1, -0.05) is 0 Å². The highest BCUT2D eigenvalue weighted by atomic mass is 35.7. The van der Waals surface area contributed by atoms with Gasteiger partial charge in [-0.15, -0.1) is 0 Å². The molecule has 18 heavy (non-hydrogen) atoms. The number of carboxylic acid groups (broad SMARTS) is 1. The van der Waals surface area contributed by atoms with E-state index >= 15 is 0 Å². The summed E-state index contributed by atoms with van der Waals surface area (Å²) in [6, 6.07) is 2.30.